The topological polar surface area (TPSA) is 75.3 Å². The van der Waals surface area contributed by atoms with E-state index in [2.05, 4.69) is 40.8 Å². The van der Waals surface area contributed by atoms with Crippen molar-refractivity contribution >= 4 is 17.3 Å². The van der Waals surface area contributed by atoms with Crippen molar-refractivity contribution in [2.24, 2.45) is 0 Å². The van der Waals surface area contributed by atoms with Crippen LogP contribution >= 0.6 is 0 Å². The number of rotatable bonds is 6. The first-order valence-corrected chi connectivity index (χ1v) is 10.5. The molecule has 0 aliphatic carbocycles. The van der Waals surface area contributed by atoms with Gasteiger partial charge in [-0.1, -0.05) is 19.9 Å². The summed E-state index contributed by atoms with van der Waals surface area (Å²) in [6.07, 6.45) is 1.65. The molecule has 2 heterocycles. The zero-order valence-electron chi connectivity index (χ0n) is 18.5. The maximum Gasteiger partial charge on any atom is 0.257 e. The van der Waals surface area contributed by atoms with E-state index < -0.39 is 5.82 Å². The highest BCUT2D eigenvalue weighted by atomic mass is 19.1. The van der Waals surface area contributed by atoms with Gasteiger partial charge < -0.3 is 20.7 Å². The Hall–Kier alpha value is -3.45. The number of hydrogen-bond donors (Lipinski definition) is 3. The van der Waals surface area contributed by atoms with Crippen LogP contribution in [0.15, 0.2) is 54.7 Å². The van der Waals surface area contributed by atoms with Crippen molar-refractivity contribution in [3.05, 3.63) is 82.8 Å². The second-order valence-electron chi connectivity index (χ2n) is 8.56. The largest absolute Gasteiger partial charge is 0.481 e. The van der Waals surface area contributed by atoms with Crippen molar-refractivity contribution < 1.29 is 13.9 Å². The Kier molecular flexibility index (Phi) is 6.10. The molecule has 1 aliphatic rings. The minimum absolute atomic E-state index is 0.0331. The average Bonchev–Trinajstić information content (AvgIpc) is 2.78. The molecule has 6 nitrogen and oxygen atoms in total. The summed E-state index contributed by atoms with van der Waals surface area (Å²) in [6, 6.07) is 13.7. The summed E-state index contributed by atoms with van der Waals surface area (Å²) in [5, 5.41) is 9.55. The number of carbonyl (C=O) groups is 1. The Balaban J connectivity index is 1.53. The standard InChI is InChI=1S/C25H27FN4O2/c1-25(2)15-27-14-17-11-19(5-6-21(17)25)30-24(31)20-12-18(26)4-7-22(20)29-13-16-8-9-28-23(10-16)32-3/h4-12,27,29H,13-15H2,1-3H3,(H,30,31). The third-order valence-electron chi connectivity index (χ3n) is 5.69. The van der Waals surface area contributed by atoms with Crippen LogP contribution in [0.5, 0.6) is 5.88 Å². The van der Waals surface area contributed by atoms with Crippen LogP contribution in [0.1, 0.15) is 40.9 Å². The van der Waals surface area contributed by atoms with Crippen molar-refractivity contribution in [2.75, 3.05) is 24.3 Å². The monoisotopic (exact) mass is 434 g/mol. The summed E-state index contributed by atoms with van der Waals surface area (Å²) in [6.45, 7) is 6.49. The van der Waals surface area contributed by atoms with Gasteiger partial charge >= 0.3 is 0 Å². The zero-order valence-corrected chi connectivity index (χ0v) is 18.5. The van der Waals surface area contributed by atoms with E-state index in [1.165, 1.54) is 17.7 Å². The molecule has 1 amide bonds. The molecule has 0 bridgehead atoms. The lowest BCUT2D eigenvalue weighted by atomic mass is 9.79. The number of methoxy groups -OCH3 is 1. The molecule has 0 spiro atoms. The maximum absolute atomic E-state index is 14.0. The summed E-state index contributed by atoms with van der Waals surface area (Å²) in [4.78, 5) is 17.1. The van der Waals surface area contributed by atoms with Crippen LogP contribution in [0.4, 0.5) is 15.8 Å². The molecule has 7 heteroatoms. The van der Waals surface area contributed by atoms with Crippen molar-refractivity contribution in [2.45, 2.75) is 32.4 Å². The van der Waals surface area contributed by atoms with Crippen molar-refractivity contribution in [3.63, 3.8) is 0 Å². The van der Waals surface area contributed by atoms with Gasteiger partial charge in [0.1, 0.15) is 5.82 Å². The third kappa shape index (κ3) is 4.73. The molecule has 4 rings (SSSR count). The van der Waals surface area contributed by atoms with Gasteiger partial charge in [-0.15, -0.1) is 0 Å². The molecule has 0 atom stereocenters. The minimum Gasteiger partial charge on any atom is -0.481 e. The van der Waals surface area contributed by atoms with E-state index in [9.17, 15) is 9.18 Å². The summed E-state index contributed by atoms with van der Waals surface area (Å²) in [5.74, 6) is -0.337. The molecule has 0 radical (unpaired) electrons. The van der Waals surface area contributed by atoms with E-state index >= 15 is 0 Å². The van der Waals surface area contributed by atoms with E-state index in [0.29, 0.717) is 23.8 Å². The van der Waals surface area contributed by atoms with E-state index in [-0.39, 0.29) is 16.9 Å². The summed E-state index contributed by atoms with van der Waals surface area (Å²) >= 11 is 0. The first-order chi connectivity index (χ1) is 15.4. The predicted molar refractivity (Wildman–Crippen MR) is 124 cm³/mol. The normalized spacial score (nSPS) is 14.4. The SMILES string of the molecule is COc1cc(CNc2ccc(F)cc2C(=O)Nc2ccc3c(c2)CNCC3(C)C)ccn1. The third-order valence-corrected chi connectivity index (χ3v) is 5.69. The highest BCUT2D eigenvalue weighted by molar-refractivity contribution is 6.08. The van der Waals surface area contributed by atoms with Gasteiger partial charge in [0, 0.05) is 48.7 Å². The second kappa shape index (κ2) is 8.96. The fourth-order valence-corrected chi connectivity index (χ4v) is 4.01. The van der Waals surface area contributed by atoms with Gasteiger partial charge in [0.15, 0.2) is 0 Å². The molecule has 3 aromatic rings. The van der Waals surface area contributed by atoms with Crippen LogP contribution < -0.4 is 20.7 Å². The van der Waals surface area contributed by atoms with Gasteiger partial charge in [-0.3, -0.25) is 4.79 Å². The van der Waals surface area contributed by atoms with Gasteiger partial charge in [0.25, 0.3) is 5.91 Å². The van der Waals surface area contributed by atoms with Crippen LogP contribution in [0.2, 0.25) is 0 Å². The maximum atomic E-state index is 14.0. The molecule has 1 aliphatic heterocycles. The number of fused-ring (bicyclic) bond motifs is 1. The molecule has 0 saturated heterocycles. The van der Waals surface area contributed by atoms with Gasteiger partial charge in [0.05, 0.1) is 12.7 Å². The molecule has 3 N–H and O–H groups in total. The molecule has 2 aromatic carbocycles. The first-order valence-electron chi connectivity index (χ1n) is 10.5. The van der Waals surface area contributed by atoms with E-state index in [1.54, 1.807) is 25.4 Å². The fraction of sp³-hybridized carbons (Fsp3) is 0.280. The van der Waals surface area contributed by atoms with Crippen LogP contribution in [0.3, 0.4) is 0 Å². The Labute approximate surface area is 187 Å². The van der Waals surface area contributed by atoms with Crippen molar-refractivity contribution in [1.82, 2.24) is 10.3 Å². The van der Waals surface area contributed by atoms with Gasteiger partial charge in [0.2, 0.25) is 5.88 Å². The zero-order chi connectivity index (χ0) is 22.7. The molecule has 166 valence electrons. The van der Waals surface area contributed by atoms with E-state index in [1.807, 2.05) is 18.2 Å². The number of carbonyl (C=O) groups excluding carboxylic acids is 1. The lowest BCUT2D eigenvalue weighted by Crippen LogP contribution is -2.38. The molecule has 0 saturated carbocycles. The van der Waals surface area contributed by atoms with Crippen LogP contribution in [0, 0.1) is 5.82 Å². The Bertz CT molecular complexity index is 1150. The molecule has 32 heavy (non-hydrogen) atoms. The Morgan fingerprint density at radius 1 is 1.19 bits per heavy atom. The number of aromatic nitrogens is 1. The van der Waals surface area contributed by atoms with Crippen LogP contribution in [0.25, 0.3) is 0 Å². The van der Waals surface area contributed by atoms with E-state index in [0.717, 1.165) is 24.2 Å². The number of nitrogens with zero attached hydrogens (tertiary/aromatic N) is 1. The number of pyridine rings is 1. The summed E-state index contributed by atoms with van der Waals surface area (Å²) < 4.78 is 19.1. The number of benzene rings is 2. The molecular formula is C25H27FN4O2. The molecule has 0 fully saturated rings. The quantitative estimate of drug-likeness (QED) is 0.534. The number of hydrogen-bond acceptors (Lipinski definition) is 5. The first kappa shape index (κ1) is 21.8. The van der Waals surface area contributed by atoms with Crippen LogP contribution in [-0.4, -0.2) is 24.5 Å². The molecule has 0 unspecified atom stereocenters. The Morgan fingerprint density at radius 2 is 2.03 bits per heavy atom. The van der Waals surface area contributed by atoms with Crippen LogP contribution in [-0.2, 0) is 18.5 Å². The van der Waals surface area contributed by atoms with Gasteiger partial charge in [-0.25, -0.2) is 9.37 Å². The smallest absolute Gasteiger partial charge is 0.257 e. The van der Waals surface area contributed by atoms with Crippen molar-refractivity contribution in [3.8, 4) is 5.88 Å². The second-order valence-corrected chi connectivity index (χ2v) is 8.56. The summed E-state index contributed by atoms with van der Waals surface area (Å²) in [7, 11) is 1.56. The highest BCUT2D eigenvalue weighted by Crippen LogP contribution is 2.31. The number of anilines is 2. The number of ether oxygens (including phenoxy) is 1. The lowest BCUT2D eigenvalue weighted by molar-refractivity contribution is 0.102. The number of nitrogens with one attached hydrogen (secondary N) is 3. The Morgan fingerprint density at radius 3 is 2.84 bits per heavy atom. The highest BCUT2D eigenvalue weighted by Gasteiger charge is 2.27. The molecule has 1 aromatic heterocycles. The summed E-state index contributed by atoms with van der Waals surface area (Å²) in [5.41, 5.74) is 4.85. The fourth-order valence-electron chi connectivity index (χ4n) is 4.01. The predicted octanol–water partition coefficient (Wildman–Crippen LogP) is 4.47. The minimum atomic E-state index is -0.470. The number of amides is 1. The van der Waals surface area contributed by atoms with Crippen molar-refractivity contribution in [1.29, 1.82) is 0 Å². The average molecular weight is 435 g/mol. The van der Waals surface area contributed by atoms with Gasteiger partial charge in [-0.2, -0.15) is 0 Å². The van der Waals surface area contributed by atoms with Gasteiger partial charge in [-0.05, 0) is 53.1 Å². The molecular weight excluding hydrogens is 407 g/mol. The number of halogens is 1. The lowest BCUT2D eigenvalue weighted by Gasteiger charge is -2.33. The van der Waals surface area contributed by atoms with E-state index in [4.69, 9.17) is 4.74 Å².